The van der Waals surface area contributed by atoms with Gasteiger partial charge in [0.1, 0.15) is 5.82 Å². The van der Waals surface area contributed by atoms with Crippen LogP contribution in [0.3, 0.4) is 0 Å². The van der Waals surface area contributed by atoms with Gasteiger partial charge in [-0.15, -0.1) is 0 Å². The van der Waals surface area contributed by atoms with Gasteiger partial charge in [-0.05, 0) is 49.1 Å². The van der Waals surface area contributed by atoms with Gasteiger partial charge in [-0.3, -0.25) is 0 Å². The van der Waals surface area contributed by atoms with Gasteiger partial charge in [-0.1, -0.05) is 38.0 Å². The van der Waals surface area contributed by atoms with E-state index in [9.17, 15) is 4.39 Å². The fourth-order valence-corrected chi connectivity index (χ4v) is 2.98. The van der Waals surface area contributed by atoms with Crippen molar-refractivity contribution >= 4 is 0 Å². The van der Waals surface area contributed by atoms with Crippen LogP contribution in [0, 0.1) is 11.7 Å². The van der Waals surface area contributed by atoms with Crippen LogP contribution in [0.25, 0.3) is 0 Å². The molecule has 1 saturated carbocycles. The summed E-state index contributed by atoms with van der Waals surface area (Å²) in [6.45, 7) is 2.25. The fourth-order valence-electron chi connectivity index (χ4n) is 2.98. The summed E-state index contributed by atoms with van der Waals surface area (Å²) in [5.74, 6) is 1.35. The third-order valence-corrected chi connectivity index (χ3v) is 3.89. The van der Waals surface area contributed by atoms with Gasteiger partial charge in [0.2, 0.25) is 0 Å². The smallest absolute Gasteiger partial charge is 0.126 e. The first kappa shape index (κ1) is 11.6. The molecule has 0 radical (unpaired) electrons. The summed E-state index contributed by atoms with van der Waals surface area (Å²) in [7, 11) is 0. The number of halogens is 1. The number of rotatable bonds is 3. The monoisotopic (exact) mass is 220 g/mol. The summed E-state index contributed by atoms with van der Waals surface area (Å²) in [5.41, 5.74) is 0.942. The zero-order chi connectivity index (χ0) is 11.4. The average Bonchev–Trinajstić information content (AvgIpc) is 2.31. The second-order valence-electron chi connectivity index (χ2n) is 5.03. The molecule has 1 aliphatic rings. The van der Waals surface area contributed by atoms with E-state index < -0.39 is 0 Å². The van der Waals surface area contributed by atoms with Gasteiger partial charge in [-0.25, -0.2) is 4.39 Å². The summed E-state index contributed by atoms with van der Waals surface area (Å²) in [5, 5.41) is 0. The molecule has 0 atom stereocenters. The maximum Gasteiger partial charge on any atom is 0.126 e. The Hall–Kier alpha value is -0.850. The molecule has 2 rings (SSSR count). The van der Waals surface area contributed by atoms with E-state index >= 15 is 0 Å². The van der Waals surface area contributed by atoms with Crippen LogP contribution in [0.1, 0.15) is 56.9 Å². The van der Waals surface area contributed by atoms with Crippen LogP contribution in [-0.4, -0.2) is 0 Å². The van der Waals surface area contributed by atoms with Crippen molar-refractivity contribution in [2.75, 3.05) is 0 Å². The number of benzene rings is 1. The summed E-state index contributed by atoms with van der Waals surface area (Å²) < 4.78 is 13.6. The van der Waals surface area contributed by atoms with Gasteiger partial charge in [0.05, 0.1) is 0 Å². The third kappa shape index (κ3) is 2.63. The van der Waals surface area contributed by atoms with Crippen molar-refractivity contribution in [2.24, 2.45) is 5.92 Å². The number of hydrogen-bond acceptors (Lipinski definition) is 0. The van der Waals surface area contributed by atoms with E-state index in [0.717, 1.165) is 11.5 Å². The normalized spacial score (nSPS) is 25.6. The molecule has 0 bridgehead atoms. The zero-order valence-corrected chi connectivity index (χ0v) is 10.1. The molecule has 88 valence electrons. The largest absolute Gasteiger partial charge is 0.207 e. The summed E-state index contributed by atoms with van der Waals surface area (Å²) >= 11 is 0. The Morgan fingerprint density at radius 1 is 1.12 bits per heavy atom. The van der Waals surface area contributed by atoms with E-state index in [0.29, 0.717) is 5.92 Å². The van der Waals surface area contributed by atoms with Gasteiger partial charge in [0.25, 0.3) is 0 Å². The lowest BCUT2D eigenvalue weighted by Gasteiger charge is -2.28. The molecule has 0 aromatic heterocycles. The van der Waals surface area contributed by atoms with E-state index in [4.69, 9.17) is 0 Å². The Bertz CT molecular complexity index is 324. The molecule has 0 aliphatic heterocycles. The zero-order valence-electron chi connectivity index (χ0n) is 10.1. The Kier molecular flexibility index (Phi) is 3.98. The second kappa shape index (κ2) is 5.47. The van der Waals surface area contributed by atoms with Crippen LogP contribution in [0.15, 0.2) is 24.3 Å². The van der Waals surface area contributed by atoms with Gasteiger partial charge in [0.15, 0.2) is 0 Å². The fraction of sp³-hybridized carbons (Fsp3) is 0.600. The highest BCUT2D eigenvalue weighted by molar-refractivity contribution is 5.22. The van der Waals surface area contributed by atoms with Crippen molar-refractivity contribution < 1.29 is 4.39 Å². The predicted molar refractivity (Wildman–Crippen MR) is 66.0 cm³/mol. The van der Waals surface area contributed by atoms with E-state index in [-0.39, 0.29) is 5.82 Å². The van der Waals surface area contributed by atoms with Crippen molar-refractivity contribution in [2.45, 2.75) is 51.4 Å². The molecule has 0 amide bonds. The molecule has 0 unspecified atom stereocenters. The summed E-state index contributed by atoms with van der Waals surface area (Å²) in [6.07, 6.45) is 7.55. The van der Waals surface area contributed by atoms with Gasteiger partial charge >= 0.3 is 0 Å². The minimum absolute atomic E-state index is 0.0126. The third-order valence-electron chi connectivity index (χ3n) is 3.89. The molecule has 1 aromatic carbocycles. The Labute approximate surface area is 97.9 Å². The molecular formula is C15H21F. The highest BCUT2D eigenvalue weighted by atomic mass is 19.1. The first-order chi connectivity index (χ1) is 7.81. The van der Waals surface area contributed by atoms with Crippen LogP contribution >= 0.6 is 0 Å². The van der Waals surface area contributed by atoms with Crippen molar-refractivity contribution in [3.8, 4) is 0 Å². The molecule has 1 aromatic rings. The highest BCUT2D eigenvalue weighted by Gasteiger charge is 2.23. The summed E-state index contributed by atoms with van der Waals surface area (Å²) in [6, 6.07) is 7.28. The standard InChI is InChI=1S/C15H21F/c1-2-5-12-8-10-13(11-9-12)14-6-3-4-7-15(14)16/h3-4,6-7,12-13H,2,5,8-11H2,1H3. The van der Waals surface area contributed by atoms with Crippen molar-refractivity contribution in [1.82, 2.24) is 0 Å². The second-order valence-corrected chi connectivity index (χ2v) is 5.03. The van der Waals surface area contributed by atoms with E-state index in [2.05, 4.69) is 6.92 Å². The predicted octanol–water partition coefficient (Wildman–Crippen LogP) is 4.90. The molecular weight excluding hydrogens is 199 g/mol. The van der Waals surface area contributed by atoms with E-state index in [1.807, 2.05) is 12.1 Å². The van der Waals surface area contributed by atoms with Gasteiger partial charge in [-0.2, -0.15) is 0 Å². The lowest BCUT2D eigenvalue weighted by atomic mass is 9.77. The Balaban J connectivity index is 1.96. The minimum atomic E-state index is -0.0126. The quantitative estimate of drug-likeness (QED) is 0.679. The van der Waals surface area contributed by atoms with E-state index in [1.54, 1.807) is 12.1 Å². The molecule has 1 fully saturated rings. The maximum absolute atomic E-state index is 13.6. The topological polar surface area (TPSA) is 0 Å². The molecule has 0 heterocycles. The first-order valence-electron chi connectivity index (χ1n) is 6.55. The Morgan fingerprint density at radius 3 is 2.44 bits per heavy atom. The number of hydrogen-bond donors (Lipinski definition) is 0. The van der Waals surface area contributed by atoms with Crippen molar-refractivity contribution in [3.63, 3.8) is 0 Å². The van der Waals surface area contributed by atoms with E-state index in [1.165, 1.54) is 38.5 Å². The molecule has 0 N–H and O–H groups in total. The van der Waals surface area contributed by atoms with Crippen molar-refractivity contribution in [3.05, 3.63) is 35.6 Å². The minimum Gasteiger partial charge on any atom is -0.207 e. The lowest BCUT2D eigenvalue weighted by molar-refractivity contribution is 0.304. The molecule has 0 nitrogen and oxygen atoms in total. The SMILES string of the molecule is CCCC1CCC(c2ccccc2F)CC1. The summed E-state index contributed by atoms with van der Waals surface area (Å²) in [4.78, 5) is 0. The van der Waals surface area contributed by atoms with Crippen LogP contribution < -0.4 is 0 Å². The molecule has 0 saturated heterocycles. The van der Waals surface area contributed by atoms with Gasteiger partial charge < -0.3 is 0 Å². The highest BCUT2D eigenvalue weighted by Crippen LogP contribution is 2.38. The average molecular weight is 220 g/mol. The van der Waals surface area contributed by atoms with Crippen LogP contribution in [0.5, 0.6) is 0 Å². The van der Waals surface area contributed by atoms with Crippen LogP contribution in [0.4, 0.5) is 4.39 Å². The molecule has 1 heteroatoms. The Morgan fingerprint density at radius 2 is 1.81 bits per heavy atom. The molecule has 1 aliphatic carbocycles. The molecule has 0 spiro atoms. The van der Waals surface area contributed by atoms with Crippen LogP contribution in [-0.2, 0) is 0 Å². The maximum atomic E-state index is 13.6. The van der Waals surface area contributed by atoms with Crippen LogP contribution in [0.2, 0.25) is 0 Å². The van der Waals surface area contributed by atoms with Gasteiger partial charge in [0, 0.05) is 0 Å². The lowest BCUT2D eigenvalue weighted by Crippen LogP contribution is -2.14. The van der Waals surface area contributed by atoms with Crippen molar-refractivity contribution in [1.29, 1.82) is 0 Å². The first-order valence-corrected chi connectivity index (χ1v) is 6.55. The molecule has 16 heavy (non-hydrogen) atoms.